The number of benzene rings is 1. The average molecular weight is 304 g/mol. The van der Waals surface area contributed by atoms with Gasteiger partial charge in [0.1, 0.15) is 11.4 Å². The minimum absolute atomic E-state index is 0.146. The van der Waals surface area contributed by atoms with Gasteiger partial charge in [0, 0.05) is 26.1 Å². The summed E-state index contributed by atoms with van der Waals surface area (Å²) in [6.07, 6.45) is 0.731. The monoisotopic (exact) mass is 304 g/mol. The third kappa shape index (κ3) is 3.35. The highest BCUT2D eigenvalue weighted by atomic mass is 16.6. The maximum absolute atomic E-state index is 12.2. The van der Waals surface area contributed by atoms with E-state index in [1.54, 1.807) is 4.90 Å². The predicted molar refractivity (Wildman–Crippen MR) is 84.2 cm³/mol. The highest BCUT2D eigenvalue weighted by Crippen LogP contribution is 2.29. The fourth-order valence-electron chi connectivity index (χ4n) is 2.89. The van der Waals surface area contributed by atoms with E-state index in [0.29, 0.717) is 13.1 Å². The minimum atomic E-state index is -0.456. The minimum Gasteiger partial charge on any atom is -0.493 e. The first-order valence-corrected chi connectivity index (χ1v) is 7.89. The summed E-state index contributed by atoms with van der Waals surface area (Å²) in [5.41, 5.74) is 2.01. The topological polar surface area (TPSA) is 50.8 Å². The molecule has 1 unspecified atom stereocenters. The lowest BCUT2D eigenvalue weighted by atomic mass is 10.0. The number of hydrogen-bond donors (Lipinski definition) is 1. The number of amides is 1. The SMILES string of the molecule is CC(C)(C)OC(=O)N1CCNC(c2ccc3c(c2)CCO3)C1. The molecule has 2 aliphatic rings. The molecule has 2 heterocycles. The Bertz CT molecular complexity index is 566. The summed E-state index contributed by atoms with van der Waals surface area (Å²) in [7, 11) is 0. The molecule has 0 saturated carbocycles. The molecular formula is C17H24N2O3. The molecule has 1 amide bonds. The Morgan fingerprint density at radius 3 is 3.00 bits per heavy atom. The van der Waals surface area contributed by atoms with Crippen molar-refractivity contribution in [1.29, 1.82) is 0 Å². The standard InChI is InChI=1S/C17H24N2O3/c1-17(2,3)22-16(20)19-8-7-18-14(11-19)12-4-5-15-13(10-12)6-9-21-15/h4-5,10,14,18H,6-9,11H2,1-3H3. The van der Waals surface area contributed by atoms with Crippen LogP contribution < -0.4 is 10.1 Å². The zero-order chi connectivity index (χ0) is 15.7. The van der Waals surface area contributed by atoms with Gasteiger partial charge >= 0.3 is 6.09 Å². The molecule has 0 spiro atoms. The Morgan fingerprint density at radius 2 is 2.23 bits per heavy atom. The van der Waals surface area contributed by atoms with Gasteiger partial charge in [-0.3, -0.25) is 0 Å². The second-order valence-corrected chi connectivity index (χ2v) is 6.90. The van der Waals surface area contributed by atoms with Crippen LogP contribution >= 0.6 is 0 Å². The number of nitrogens with zero attached hydrogens (tertiary/aromatic N) is 1. The van der Waals surface area contributed by atoms with Crippen molar-refractivity contribution >= 4 is 6.09 Å². The fourth-order valence-corrected chi connectivity index (χ4v) is 2.89. The van der Waals surface area contributed by atoms with Gasteiger partial charge in [-0.15, -0.1) is 0 Å². The quantitative estimate of drug-likeness (QED) is 0.866. The van der Waals surface area contributed by atoms with E-state index in [9.17, 15) is 4.79 Å². The predicted octanol–water partition coefficient (Wildman–Crippen LogP) is 2.50. The molecule has 0 aromatic heterocycles. The van der Waals surface area contributed by atoms with E-state index in [1.165, 1.54) is 11.1 Å². The number of ether oxygens (including phenoxy) is 2. The maximum atomic E-state index is 12.2. The van der Waals surface area contributed by atoms with Crippen molar-refractivity contribution in [1.82, 2.24) is 10.2 Å². The first kappa shape index (κ1) is 15.2. The number of fused-ring (bicyclic) bond motifs is 1. The van der Waals surface area contributed by atoms with Gasteiger partial charge in [-0.1, -0.05) is 12.1 Å². The van der Waals surface area contributed by atoms with Gasteiger partial charge in [0.05, 0.1) is 12.6 Å². The molecule has 5 nitrogen and oxygen atoms in total. The van der Waals surface area contributed by atoms with Crippen molar-refractivity contribution in [2.45, 2.75) is 38.8 Å². The van der Waals surface area contributed by atoms with Crippen LogP contribution in [0, 0.1) is 0 Å². The third-order valence-corrected chi connectivity index (χ3v) is 3.94. The van der Waals surface area contributed by atoms with Crippen LogP contribution in [0.25, 0.3) is 0 Å². The number of carbonyl (C=O) groups excluding carboxylic acids is 1. The van der Waals surface area contributed by atoms with Crippen LogP contribution in [0.3, 0.4) is 0 Å². The number of rotatable bonds is 1. The van der Waals surface area contributed by atoms with Crippen molar-refractivity contribution in [3.8, 4) is 5.75 Å². The Hall–Kier alpha value is -1.75. The van der Waals surface area contributed by atoms with Crippen LogP contribution in [-0.4, -0.2) is 42.8 Å². The second kappa shape index (κ2) is 5.80. The second-order valence-electron chi connectivity index (χ2n) is 6.90. The highest BCUT2D eigenvalue weighted by molar-refractivity contribution is 5.68. The van der Waals surface area contributed by atoms with Gasteiger partial charge in [0.15, 0.2) is 0 Å². The van der Waals surface area contributed by atoms with Crippen LogP contribution in [0.5, 0.6) is 5.75 Å². The molecule has 1 fully saturated rings. The highest BCUT2D eigenvalue weighted by Gasteiger charge is 2.28. The van der Waals surface area contributed by atoms with E-state index in [-0.39, 0.29) is 12.1 Å². The van der Waals surface area contributed by atoms with Crippen molar-refractivity contribution in [3.63, 3.8) is 0 Å². The molecule has 1 atom stereocenters. The molecule has 1 aromatic carbocycles. The summed E-state index contributed by atoms with van der Waals surface area (Å²) in [6, 6.07) is 6.46. The van der Waals surface area contributed by atoms with Crippen molar-refractivity contribution in [3.05, 3.63) is 29.3 Å². The molecule has 1 N–H and O–H groups in total. The Labute approximate surface area is 131 Å². The van der Waals surface area contributed by atoms with Gasteiger partial charge in [-0.2, -0.15) is 0 Å². The maximum Gasteiger partial charge on any atom is 0.410 e. The Balaban J connectivity index is 1.69. The molecule has 5 heteroatoms. The molecule has 3 rings (SSSR count). The molecule has 0 aliphatic carbocycles. The molecule has 0 bridgehead atoms. The number of carbonyl (C=O) groups is 1. The normalized spacial score (nSPS) is 21.2. The fraction of sp³-hybridized carbons (Fsp3) is 0.588. The molecular weight excluding hydrogens is 280 g/mol. The van der Waals surface area contributed by atoms with Gasteiger partial charge in [0.25, 0.3) is 0 Å². The number of hydrogen-bond acceptors (Lipinski definition) is 4. The molecule has 1 saturated heterocycles. The van der Waals surface area contributed by atoms with Crippen molar-refractivity contribution in [2.24, 2.45) is 0 Å². The zero-order valence-corrected chi connectivity index (χ0v) is 13.5. The van der Waals surface area contributed by atoms with Crippen molar-refractivity contribution in [2.75, 3.05) is 26.2 Å². The lowest BCUT2D eigenvalue weighted by molar-refractivity contribution is 0.0195. The molecule has 120 valence electrons. The largest absolute Gasteiger partial charge is 0.493 e. The van der Waals surface area contributed by atoms with E-state index in [0.717, 1.165) is 25.3 Å². The number of piperazine rings is 1. The van der Waals surface area contributed by atoms with Gasteiger partial charge < -0.3 is 19.7 Å². The summed E-state index contributed by atoms with van der Waals surface area (Å²) in [6.45, 7) is 8.54. The number of nitrogens with one attached hydrogen (secondary N) is 1. The average Bonchev–Trinajstić information content (AvgIpc) is 2.93. The van der Waals surface area contributed by atoms with E-state index in [1.807, 2.05) is 26.8 Å². The first-order chi connectivity index (χ1) is 10.4. The summed E-state index contributed by atoms with van der Waals surface area (Å²) in [5.74, 6) is 0.989. The third-order valence-electron chi connectivity index (χ3n) is 3.94. The van der Waals surface area contributed by atoms with Crippen LogP contribution in [0.1, 0.15) is 37.9 Å². The smallest absolute Gasteiger partial charge is 0.410 e. The van der Waals surface area contributed by atoms with Crippen LogP contribution in [-0.2, 0) is 11.2 Å². The lowest BCUT2D eigenvalue weighted by Gasteiger charge is -2.35. The summed E-state index contributed by atoms with van der Waals surface area (Å²) in [5, 5.41) is 3.48. The summed E-state index contributed by atoms with van der Waals surface area (Å²) >= 11 is 0. The Kier molecular flexibility index (Phi) is 4.00. The van der Waals surface area contributed by atoms with E-state index in [4.69, 9.17) is 9.47 Å². The molecule has 0 radical (unpaired) electrons. The molecule has 22 heavy (non-hydrogen) atoms. The Morgan fingerprint density at radius 1 is 1.41 bits per heavy atom. The van der Waals surface area contributed by atoms with Crippen molar-refractivity contribution < 1.29 is 14.3 Å². The molecule has 1 aromatic rings. The van der Waals surface area contributed by atoms with Gasteiger partial charge in [0.2, 0.25) is 0 Å². The lowest BCUT2D eigenvalue weighted by Crippen LogP contribution is -2.49. The van der Waals surface area contributed by atoms with E-state index >= 15 is 0 Å². The van der Waals surface area contributed by atoms with Crippen LogP contribution in [0.4, 0.5) is 4.79 Å². The zero-order valence-electron chi connectivity index (χ0n) is 13.5. The van der Waals surface area contributed by atoms with Gasteiger partial charge in [-0.05, 0) is 38.0 Å². The van der Waals surface area contributed by atoms with Gasteiger partial charge in [-0.25, -0.2) is 4.79 Å². The summed E-state index contributed by atoms with van der Waals surface area (Å²) < 4.78 is 11.0. The first-order valence-electron chi connectivity index (χ1n) is 7.89. The van der Waals surface area contributed by atoms with E-state index in [2.05, 4.69) is 17.4 Å². The van der Waals surface area contributed by atoms with Crippen LogP contribution in [0.15, 0.2) is 18.2 Å². The van der Waals surface area contributed by atoms with E-state index < -0.39 is 5.60 Å². The summed E-state index contributed by atoms with van der Waals surface area (Å²) in [4.78, 5) is 14.0. The van der Waals surface area contributed by atoms with Crippen LogP contribution in [0.2, 0.25) is 0 Å². The molecule has 2 aliphatic heterocycles.